The maximum absolute atomic E-state index is 8.93. The summed E-state index contributed by atoms with van der Waals surface area (Å²) < 4.78 is 10.2. The zero-order valence-electron chi connectivity index (χ0n) is 8.57. The van der Waals surface area contributed by atoms with E-state index in [9.17, 15) is 0 Å². The van der Waals surface area contributed by atoms with Crippen LogP contribution >= 0.6 is 11.6 Å². The summed E-state index contributed by atoms with van der Waals surface area (Å²) in [5.74, 6) is 0.433. The minimum atomic E-state index is -0.0727. The Hall–Kier alpha value is -0.840. The quantitative estimate of drug-likeness (QED) is 0.598. The number of hydrogen-bond acceptors (Lipinski definition) is 4. The molecule has 0 amide bonds. The molecule has 1 heterocycles. The van der Waals surface area contributed by atoms with Crippen LogP contribution in [0.4, 0.5) is 0 Å². The third-order valence-corrected chi connectivity index (χ3v) is 1.95. The van der Waals surface area contributed by atoms with Gasteiger partial charge in [-0.05, 0) is 11.6 Å². The van der Waals surface area contributed by atoms with Crippen molar-refractivity contribution in [3.05, 3.63) is 22.8 Å². The molecule has 0 aromatic carbocycles. The second-order valence-electron chi connectivity index (χ2n) is 2.99. The lowest BCUT2D eigenvalue weighted by molar-refractivity contribution is 0.170. The van der Waals surface area contributed by atoms with Crippen molar-refractivity contribution in [2.45, 2.75) is 13.0 Å². The van der Waals surface area contributed by atoms with Crippen LogP contribution in [0.5, 0.6) is 5.88 Å². The molecule has 15 heavy (non-hydrogen) atoms. The summed E-state index contributed by atoms with van der Waals surface area (Å²) in [6.07, 6.45) is 0.791. The van der Waals surface area contributed by atoms with E-state index in [4.69, 9.17) is 26.2 Å². The molecule has 0 aliphatic rings. The number of aliphatic hydroxyl groups excluding tert-OH is 1. The average Bonchev–Trinajstić information content (AvgIpc) is 2.23. The van der Waals surface area contributed by atoms with E-state index in [0.29, 0.717) is 29.8 Å². The SMILES string of the molecule is COCCCOc1cc(CO)cc(Cl)n1. The molecule has 0 spiro atoms. The van der Waals surface area contributed by atoms with Crippen LogP contribution in [0, 0.1) is 0 Å². The van der Waals surface area contributed by atoms with Crippen LogP contribution < -0.4 is 4.74 Å². The molecule has 1 aromatic rings. The molecule has 0 saturated heterocycles. The van der Waals surface area contributed by atoms with E-state index in [0.717, 1.165) is 6.42 Å². The van der Waals surface area contributed by atoms with Crippen LogP contribution in [0.25, 0.3) is 0 Å². The standard InChI is InChI=1S/C10H14ClNO3/c1-14-3-2-4-15-10-6-8(7-13)5-9(11)12-10/h5-6,13H,2-4,7H2,1H3. The Morgan fingerprint density at radius 2 is 2.20 bits per heavy atom. The Kier molecular flexibility index (Phi) is 5.39. The molecule has 0 unspecified atom stereocenters. The topological polar surface area (TPSA) is 51.6 Å². The van der Waals surface area contributed by atoms with E-state index in [2.05, 4.69) is 4.98 Å². The van der Waals surface area contributed by atoms with Gasteiger partial charge in [-0.1, -0.05) is 11.6 Å². The van der Waals surface area contributed by atoms with Gasteiger partial charge in [0.1, 0.15) is 5.15 Å². The normalized spacial score (nSPS) is 10.3. The summed E-state index contributed by atoms with van der Waals surface area (Å²) in [6.45, 7) is 1.09. The molecule has 0 fully saturated rings. The number of rotatable bonds is 6. The first-order valence-corrected chi connectivity index (χ1v) is 5.03. The molecule has 84 valence electrons. The number of hydrogen-bond donors (Lipinski definition) is 1. The van der Waals surface area contributed by atoms with Crippen molar-refractivity contribution in [2.75, 3.05) is 20.3 Å². The minimum absolute atomic E-state index is 0.0727. The number of aromatic nitrogens is 1. The number of aliphatic hydroxyl groups is 1. The fourth-order valence-corrected chi connectivity index (χ4v) is 1.29. The Bertz CT molecular complexity index is 307. The molecule has 0 bridgehead atoms. The molecule has 0 aliphatic carbocycles. The largest absolute Gasteiger partial charge is 0.478 e. The van der Waals surface area contributed by atoms with Gasteiger partial charge in [0.05, 0.1) is 13.2 Å². The molecule has 0 atom stereocenters. The van der Waals surface area contributed by atoms with E-state index in [1.54, 1.807) is 19.2 Å². The Morgan fingerprint density at radius 1 is 1.40 bits per heavy atom. The van der Waals surface area contributed by atoms with Crippen molar-refractivity contribution >= 4 is 11.6 Å². The smallest absolute Gasteiger partial charge is 0.214 e. The summed E-state index contributed by atoms with van der Waals surface area (Å²) in [7, 11) is 1.64. The summed E-state index contributed by atoms with van der Waals surface area (Å²) in [4.78, 5) is 3.97. The Morgan fingerprint density at radius 3 is 2.87 bits per heavy atom. The highest BCUT2D eigenvalue weighted by atomic mass is 35.5. The predicted molar refractivity (Wildman–Crippen MR) is 57.2 cm³/mol. The molecular formula is C10H14ClNO3. The van der Waals surface area contributed by atoms with E-state index in [1.807, 2.05) is 0 Å². The van der Waals surface area contributed by atoms with Crippen LogP contribution in [-0.4, -0.2) is 30.4 Å². The van der Waals surface area contributed by atoms with Gasteiger partial charge in [0, 0.05) is 26.2 Å². The third-order valence-electron chi connectivity index (χ3n) is 1.76. The van der Waals surface area contributed by atoms with Crippen LogP contribution in [-0.2, 0) is 11.3 Å². The maximum Gasteiger partial charge on any atom is 0.214 e. The highest BCUT2D eigenvalue weighted by molar-refractivity contribution is 6.29. The van der Waals surface area contributed by atoms with Crippen molar-refractivity contribution in [2.24, 2.45) is 0 Å². The van der Waals surface area contributed by atoms with Crippen molar-refractivity contribution in [1.29, 1.82) is 0 Å². The first kappa shape index (κ1) is 12.2. The van der Waals surface area contributed by atoms with E-state index < -0.39 is 0 Å². The lowest BCUT2D eigenvalue weighted by atomic mass is 10.3. The Balaban J connectivity index is 2.49. The number of halogens is 1. The highest BCUT2D eigenvalue weighted by Crippen LogP contribution is 2.16. The summed E-state index contributed by atoms with van der Waals surface area (Å²) in [5, 5.41) is 9.26. The first-order chi connectivity index (χ1) is 7.26. The van der Waals surface area contributed by atoms with Crippen LogP contribution in [0.15, 0.2) is 12.1 Å². The second kappa shape index (κ2) is 6.61. The molecule has 4 nitrogen and oxygen atoms in total. The minimum Gasteiger partial charge on any atom is -0.478 e. The molecule has 1 aromatic heterocycles. The van der Waals surface area contributed by atoms with Gasteiger partial charge < -0.3 is 14.6 Å². The lowest BCUT2D eigenvalue weighted by Crippen LogP contribution is -2.03. The second-order valence-corrected chi connectivity index (χ2v) is 3.38. The lowest BCUT2D eigenvalue weighted by Gasteiger charge is -2.06. The van der Waals surface area contributed by atoms with Gasteiger partial charge in [-0.15, -0.1) is 0 Å². The number of methoxy groups -OCH3 is 1. The predicted octanol–water partition coefficient (Wildman–Crippen LogP) is 1.64. The molecule has 1 N–H and O–H groups in total. The van der Waals surface area contributed by atoms with Gasteiger partial charge in [-0.3, -0.25) is 0 Å². The van der Waals surface area contributed by atoms with Crippen molar-refractivity contribution in [1.82, 2.24) is 4.98 Å². The molecule has 0 aliphatic heterocycles. The highest BCUT2D eigenvalue weighted by Gasteiger charge is 2.01. The molecule has 5 heteroatoms. The fraction of sp³-hybridized carbons (Fsp3) is 0.500. The number of ether oxygens (including phenoxy) is 2. The van der Waals surface area contributed by atoms with Gasteiger partial charge >= 0.3 is 0 Å². The van der Waals surface area contributed by atoms with E-state index in [1.165, 1.54) is 0 Å². The first-order valence-electron chi connectivity index (χ1n) is 4.65. The van der Waals surface area contributed by atoms with Crippen molar-refractivity contribution < 1.29 is 14.6 Å². The van der Waals surface area contributed by atoms with E-state index in [-0.39, 0.29) is 6.61 Å². The molecule has 1 rings (SSSR count). The summed E-state index contributed by atoms with van der Waals surface area (Å²) in [6, 6.07) is 3.27. The molecule has 0 saturated carbocycles. The van der Waals surface area contributed by atoms with Crippen LogP contribution in [0.3, 0.4) is 0 Å². The number of nitrogens with zero attached hydrogens (tertiary/aromatic N) is 1. The van der Waals surface area contributed by atoms with E-state index >= 15 is 0 Å². The zero-order valence-corrected chi connectivity index (χ0v) is 9.33. The van der Waals surface area contributed by atoms with Gasteiger partial charge in [0.15, 0.2) is 0 Å². The Labute approximate surface area is 93.8 Å². The van der Waals surface area contributed by atoms with Gasteiger partial charge in [0.2, 0.25) is 5.88 Å². The van der Waals surface area contributed by atoms with Gasteiger partial charge in [0.25, 0.3) is 0 Å². The van der Waals surface area contributed by atoms with Crippen molar-refractivity contribution in [3.8, 4) is 5.88 Å². The molecular weight excluding hydrogens is 218 g/mol. The van der Waals surface area contributed by atoms with Gasteiger partial charge in [-0.2, -0.15) is 0 Å². The summed E-state index contributed by atoms with van der Waals surface area (Å²) >= 11 is 5.74. The van der Waals surface area contributed by atoms with Crippen LogP contribution in [0.2, 0.25) is 5.15 Å². The summed E-state index contributed by atoms with van der Waals surface area (Å²) in [5.41, 5.74) is 0.691. The fourth-order valence-electron chi connectivity index (χ4n) is 1.07. The van der Waals surface area contributed by atoms with Gasteiger partial charge in [-0.25, -0.2) is 4.98 Å². The third kappa shape index (κ3) is 4.46. The monoisotopic (exact) mass is 231 g/mol. The molecule has 0 radical (unpaired) electrons. The number of pyridine rings is 1. The van der Waals surface area contributed by atoms with Crippen LogP contribution in [0.1, 0.15) is 12.0 Å². The average molecular weight is 232 g/mol. The zero-order chi connectivity index (χ0) is 11.1. The van der Waals surface area contributed by atoms with Crippen molar-refractivity contribution in [3.63, 3.8) is 0 Å². The maximum atomic E-state index is 8.93.